The number of nitrogens with zero attached hydrogens (tertiary/aromatic N) is 6. The molecule has 0 bridgehead atoms. The Balaban J connectivity index is 1.69. The van der Waals surface area contributed by atoms with E-state index in [1.54, 1.807) is 0 Å². The first-order chi connectivity index (χ1) is 10.7. The Labute approximate surface area is 131 Å². The molecule has 2 aromatic rings. The van der Waals surface area contributed by atoms with Crippen molar-refractivity contribution >= 4 is 11.8 Å². The van der Waals surface area contributed by atoms with Crippen LogP contribution >= 0.6 is 0 Å². The average Bonchev–Trinajstić information content (AvgIpc) is 2.55. The van der Waals surface area contributed by atoms with Crippen LogP contribution in [0.2, 0.25) is 0 Å². The summed E-state index contributed by atoms with van der Waals surface area (Å²) < 4.78 is 0. The molecule has 0 amide bonds. The fraction of sp³-hybridized carbons (Fsp3) is 0.500. The van der Waals surface area contributed by atoms with Crippen molar-refractivity contribution in [1.29, 1.82) is 0 Å². The third kappa shape index (κ3) is 3.16. The molecule has 1 fully saturated rings. The third-order valence-corrected chi connectivity index (χ3v) is 3.89. The van der Waals surface area contributed by atoms with E-state index in [4.69, 9.17) is 0 Å². The van der Waals surface area contributed by atoms with Crippen molar-refractivity contribution in [1.82, 2.24) is 19.9 Å². The topological polar surface area (TPSA) is 58.0 Å². The van der Waals surface area contributed by atoms with Crippen LogP contribution in [0.1, 0.15) is 24.0 Å². The SMILES string of the molecule is CCc1cc(N2CCN(c3ncc(C)cn3)CC2)nc(C)n1. The number of rotatable bonds is 3. The lowest BCUT2D eigenvalue weighted by Gasteiger charge is -2.35. The maximum Gasteiger partial charge on any atom is 0.225 e. The Kier molecular flexibility index (Phi) is 4.18. The van der Waals surface area contributed by atoms with Crippen LogP contribution in [0.15, 0.2) is 18.5 Å². The zero-order valence-corrected chi connectivity index (χ0v) is 13.5. The van der Waals surface area contributed by atoms with E-state index in [2.05, 4.69) is 42.7 Å². The van der Waals surface area contributed by atoms with Crippen LogP contribution in [0.25, 0.3) is 0 Å². The van der Waals surface area contributed by atoms with Crippen LogP contribution in [0.3, 0.4) is 0 Å². The van der Waals surface area contributed by atoms with Gasteiger partial charge in [-0.05, 0) is 25.8 Å². The lowest BCUT2D eigenvalue weighted by molar-refractivity contribution is 0.632. The van der Waals surface area contributed by atoms with Crippen LogP contribution in [0, 0.1) is 13.8 Å². The second-order valence-corrected chi connectivity index (χ2v) is 5.65. The maximum atomic E-state index is 4.58. The summed E-state index contributed by atoms with van der Waals surface area (Å²) in [5.74, 6) is 2.70. The predicted octanol–water partition coefficient (Wildman–Crippen LogP) is 1.77. The van der Waals surface area contributed by atoms with Gasteiger partial charge in [0.05, 0.1) is 0 Å². The number of anilines is 2. The summed E-state index contributed by atoms with van der Waals surface area (Å²) in [6, 6.07) is 2.10. The Bertz CT molecular complexity index is 632. The van der Waals surface area contributed by atoms with Crippen LogP contribution < -0.4 is 9.80 Å². The summed E-state index contributed by atoms with van der Waals surface area (Å²) >= 11 is 0. The number of aromatic nitrogens is 4. The summed E-state index contributed by atoms with van der Waals surface area (Å²) in [6.07, 6.45) is 4.68. The van der Waals surface area contributed by atoms with Crippen LogP contribution in [-0.4, -0.2) is 46.1 Å². The highest BCUT2D eigenvalue weighted by molar-refractivity contribution is 5.43. The van der Waals surface area contributed by atoms with Gasteiger partial charge in [-0.2, -0.15) is 0 Å². The van der Waals surface area contributed by atoms with Crippen molar-refractivity contribution in [2.24, 2.45) is 0 Å². The molecule has 0 atom stereocenters. The van der Waals surface area contributed by atoms with Gasteiger partial charge in [-0.3, -0.25) is 0 Å². The van der Waals surface area contributed by atoms with Crippen molar-refractivity contribution in [2.75, 3.05) is 36.0 Å². The lowest BCUT2D eigenvalue weighted by atomic mass is 10.2. The highest BCUT2D eigenvalue weighted by Crippen LogP contribution is 2.17. The maximum absolute atomic E-state index is 4.58. The quantitative estimate of drug-likeness (QED) is 0.861. The third-order valence-electron chi connectivity index (χ3n) is 3.89. The van der Waals surface area contributed by atoms with Crippen molar-refractivity contribution in [3.8, 4) is 0 Å². The van der Waals surface area contributed by atoms with Gasteiger partial charge in [-0.1, -0.05) is 6.92 Å². The van der Waals surface area contributed by atoms with Crippen molar-refractivity contribution < 1.29 is 0 Å². The molecule has 3 rings (SSSR count). The van der Waals surface area contributed by atoms with Gasteiger partial charge in [0.25, 0.3) is 0 Å². The van der Waals surface area contributed by atoms with E-state index in [1.807, 2.05) is 26.2 Å². The van der Waals surface area contributed by atoms with E-state index in [-0.39, 0.29) is 0 Å². The minimum Gasteiger partial charge on any atom is -0.353 e. The standard InChI is InChI=1S/C16H22N6/c1-4-14-9-15(20-13(3)19-14)21-5-7-22(8-6-21)16-17-10-12(2)11-18-16/h9-11H,4-8H2,1-3H3. The van der Waals surface area contributed by atoms with E-state index in [9.17, 15) is 0 Å². The first kappa shape index (κ1) is 14.7. The second-order valence-electron chi connectivity index (χ2n) is 5.65. The number of piperazine rings is 1. The molecular formula is C16H22N6. The molecule has 1 saturated heterocycles. The summed E-state index contributed by atoms with van der Waals surface area (Å²) in [6.45, 7) is 9.76. The predicted molar refractivity (Wildman–Crippen MR) is 87.3 cm³/mol. The Morgan fingerprint density at radius 2 is 1.59 bits per heavy atom. The van der Waals surface area contributed by atoms with Gasteiger partial charge in [0, 0.05) is 50.3 Å². The van der Waals surface area contributed by atoms with E-state index in [0.717, 1.165) is 61.4 Å². The summed E-state index contributed by atoms with van der Waals surface area (Å²) in [5, 5.41) is 0. The first-order valence-corrected chi connectivity index (χ1v) is 7.79. The van der Waals surface area contributed by atoms with Crippen molar-refractivity contribution in [2.45, 2.75) is 27.2 Å². The molecule has 1 aliphatic heterocycles. The normalized spacial score (nSPS) is 15.2. The van der Waals surface area contributed by atoms with Crippen LogP contribution in [0.5, 0.6) is 0 Å². The van der Waals surface area contributed by atoms with Gasteiger partial charge in [0.2, 0.25) is 5.95 Å². The van der Waals surface area contributed by atoms with Crippen LogP contribution in [-0.2, 0) is 6.42 Å². The number of hydrogen-bond donors (Lipinski definition) is 0. The Hall–Kier alpha value is -2.24. The molecule has 6 nitrogen and oxygen atoms in total. The minimum absolute atomic E-state index is 0.818. The summed E-state index contributed by atoms with van der Waals surface area (Å²) in [4.78, 5) is 22.4. The van der Waals surface area contributed by atoms with E-state index in [0.29, 0.717) is 0 Å². The van der Waals surface area contributed by atoms with Gasteiger partial charge in [-0.15, -0.1) is 0 Å². The molecule has 0 aliphatic carbocycles. The fourth-order valence-corrected chi connectivity index (χ4v) is 2.64. The molecule has 2 aromatic heterocycles. The smallest absolute Gasteiger partial charge is 0.225 e. The van der Waals surface area contributed by atoms with Gasteiger partial charge < -0.3 is 9.80 Å². The van der Waals surface area contributed by atoms with Gasteiger partial charge in [0.1, 0.15) is 11.6 Å². The molecule has 0 aromatic carbocycles. The van der Waals surface area contributed by atoms with E-state index < -0.39 is 0 Å². The highest BCUT2D eigenvalue weighted by Gasteiger charge is 2.20. The molecule has 22 heavy (non-hydrogen) atoms. The van der Waals surface area contributed by atoms with Crippen molar-refractivity contribution in [3.05, 3.63) is 35.5 Å². The highest BCUT2D eigenvalue weighted by atomic mass is 15.3. The first-order valence-electron chi connectivity index (χ1n) is 7.79. The van der Waals surface area contributed by atoms with Crippen LogP contribution in [0.4, 0.5) is 11.8 Å². The lowest BCUT2D eigenvalue weighted by Crippen LogP contribution is -2.47. The molecule has 3 heterocycles. The average molecular weight is 298 g/mol. The van der Waals surface area contributed by atoms with Gasteiger partial charge >= 0.3 is 0 Å². The molecule has 1 aliphatic rings. The molecule has 6 heteroatoms. The Morgan fingerprint density at radius 1 is 0.955 bits per heavy atom. The summed E-state index contributed by atoms with van der Waals surface area (Å²) in [7, 11) is 0. The van der Waals surface area contributed by atoms with Gasteiger partial charge in [0.15, 0.2) is 0 Å². The van der Waals surface area contributed by atoms with E-state index in [1.165, 1.54) is 0 Å². The second kappa shape index (κ2) is 6.25. The largest absolute Gasteiger partial charge is 0.353 e. The molecular weight excluding hydrogens is 276 g/mol. The monoisotopic (exact) mass is 298 g/mol. The molecule has 116 valence electrons. The number of aryl methyl sites for hydroxylation is 3. The molecule has 0 saturated carbocycles. The Morgan fingerprint density at radius 3 is 2.23 bits per heavy atom. The van der Waals surface area contributed by atoms with Crippen molar-refractivity contribution in [3.63, 3.8) is 0 Å². The minimum atomic E-state index is 0.818. The molecule has 0 N–H and O–H groups in total. The van der Waals surface area contributed by atoms with Gasteiger partial charge in [-0.25, -0.2) is 19.9 Å². The molecule has 0 spiro atoms. The number of hydrogen-bond acceptors (Lipinski definition) is 6. The zero-order chi connectivity index (χ0) is 15.5. The zero-order valence-electron chi connectivity index (χ0n) is 13.5. The summed E-state index contributed by atoms with van der Waals surface area (Å²) in [5.41, 5.74) is 2.19. The molecule has 0 unspecified atom stereocenters. The van der Waals surface area contributed by atoms with E-state index >= 15 is 0 Å². The fourth-order valence-electron chi connectivity index (χ4n) is 2.64. The molecule has 0 radical (unpaired) electrons.